The van der Waals surface area contributed by atoms with E-state index >= 15 is 0 Å². The Balaban J connectivity index is 1.83. The van der Waals surface area contributed by atoms with E-state index in [4.69, 9.17) is 4.42 Å². The number of nitrogens with zero attached hydrogens (tertiary/aromatic N) is 2. The summed E-state index contributed by atoms with van der Waals surface area (Å²) >= 11 is 1.04. The highest BCUT2D eigenvalue weighted by Crippen LogP contribution is 2.45. The summed E-state index contributed by atoms with van der Waals surface area (Å²) in [5.74, 6) is -3.17. The summed E-state index contributed by atoms with van der Waals surface area (Å²) < 4.78 is 34.4. The summed E-state index contributed by atoms with van der Waals surface area (Å²) in [4.78, 5) is 17.5. The predicted octanol–water partition coefficient (Wildman–Crippen LogP) is 5.27. The Labute approximate surface area is 177 Å². The molecule has 0 bridgehead atoms. The molecule has 6 nitrogen and oxygen atoms in total. The van der Waals surface area contributed by atoms with Crippen LogP contribution in [0.4, 0.5) is 8.78 Å². The largest absolute Gasteiger partial charge is 0.503 e. The summed E-state index contributed by atoms with van der Waals surface area (Å²) in [7, 11) is 0. The molecule has 0 fully saturated rings. The monoisotopic (exact) mass is 438 g/mol. The van der Waals surface area contributed by atoms with Crippen molar-refractivity contribution in [3.05, 3.63) is 83.8 Å². The van der Waals surface area contributed by atoms with E-state index in [-0.39, 0.29) is 27.7 Å². The molecule has 5 aromatic rings. The number of benzene rings is 2. The minimum Gasteiger partial charge on any atom is -0.503 e. The molecule has 0 radical (unpaired) electrons. The first-order valence-electron chi connectivity index (χ1n) is 9.01. The van der Waals surface area contributed by atoms with E-state index in [1.165, 1.54) is 54.8 Å². The standard InChI is InChI=1S/C22H12F2N2O4S/c23-12-4-1-3-11(9-12)18-17(19(27)15-5-2-8-30-15)20(28)21(29)26(18)22-25-14-7-6-13(24)10-16(14)31-22/h1-10,28-29H. The van der Waals surface area contributed by atoms with Crippen molar-refractivity contribution in [3.8, 4) is 28.0 Å². The number of aromatic hydroxyl groups is 2. The lowest BCUT2D eigenvalue weighted by Gasteiger charge is -2.09. The average molecular weight is 438 g/mol. The van der Waals surface area contributed by atoms with Gasteiger partial charge in [0.15, 0.2) is 16.6 Å². The quantitative estimate of drug-likeness (QED) is 0.373. The van der Waals surface area contributed by atoms with Crippen LogP contribution >= 0.6 is 11.3 Å². The SMILES string of the molecule is O=C(c1ccco1)c1c(O)c(O)n(-c2nc3ccc(F)cc3s2)c1-c1cccc(F)c1. The second-order valence-corrected chi connectivity index (χ2v) is 7.67. The summed E-state index contributed by atoms with van der Waals surface area (Å²) in [5, 5.41) is 21.6. The maximum atomic E-state index is 14.0. The fourth-order valence-electron chi connectivity index (χ4n) is 3.37. The van der Waals surface area contributed by atoms with Gasteiger partial charge in [-0.2, -0.15) is 0 Å². The Morgan fingerprint density at radius 1 is 1.03 bits per heavy atom. The van der Waals surface area contributed by atoms with Crippen LogP contribution in [0.5, 0.6) is 11.6 Å². The highest BCUT2D eigenvalue weighted by Gasteiger charge is 2.32. The van der Waals surface area contributed by atoms with Crippen LogP contribution in [-0.4, -0.2) is 25.5 Å². The first-order chi connectivity index (χ1) is 14.9. The molecule has 0 aliphatic heterocycles. The number of thiazole rings is 1. The topological polar surface area (TPSA) is 88.5 Å². The molecule has 3 aromatic heterocycles. The average Bonchev–Trinajstić information content (AvgIpc) is 3.46. The lowest BCUT2D eigenvalue weighted by Crippen LogP contribution is -2.04. The van der Waals surface area contributed by atoms with Crippen molar-refractivity contribution < 1.29 is 28.2 Å². The minimum atomic E-state index is -0.706. The molecule has 31 heavy (non-hydrogen) atoms. The molecule has 0 spiro atoms. The molecule has 0 saturated carbocycles. The van der Waals surface area contributed by atoms with E-state index in [0.717, 1.165) is 22.0 Å². The van der Waals surface area contributed by atoms with Crippen molar-refractivity contribution in [1.29, 1.82) is 0 Å². The highest BCUT2D eigenvalue weighted by molar-refractivity contribution is 7.20. The summed E-state index contributed by atoms with van der Waals surface area (Å²) in [5.41, 5.74) is 0.424. The smallest absolute Gasteiger partial charge is 0.242 e. The molecule has 0 amide bonds. The van der Waals surface area contributed by atoms with Crippen molar-refractivity contribution in [2.45, 2.75) is 0 Å². The molecule has 0 saturated heterocycles. The molecule has 3 heterocycles. The normalized spacial score (nSPS) is 11.3. The zero-order valence-corrected chi connectivity index (χ0v) is 16.4. The number of ketones is 1. The van der Waals surface area contributed by atoms with Gasteiger partial charge in [0.05, 0.1) is 27.7 Å². The van der Waals surface area contributed by atoms with Gasteiger partial charge in [0, 0.05) is 5.56 Å². The number of carbonyl (C=O) groups is 1. The minimum absolute atomic E-state index is 0.0235. The van der Waals surface area contributed by atoms with Gasteiger partial charge in [0.2, 0.25) is 11.7 Å². The van der Waals surface area contributed by atoms with Crippen molar-refractivity contribution in [2.75, 3.05) is 0 Å². The van der Waals surface area contributed by atoms with Crippen LogP contribution in [-0.2, 0) is 0 Å². The van der Waals surface area contributed by atoms with Gasteiger partial charge in [-0.3, -0.25) is 9.36 Å². The van der Waals surface area contributed by atoms with Gasteiger partial charge >= 0.3 is 0 Å². The molecule has 0 aliphatic carbocycles. The van der Waals surface area contributed by atoms with Crippen molar-refractivity contribution in [2.24, 2.45) is 0 Å². The summed E-state index contributed by atoms with van der Waals surface area (Å²) in [6.07, 6.45) is 1.30. The molecular weight excluding hydrogens is 426 g/mol. The highest BCUT2D eigenvalue weighted by atomic mass is 32.1. The zero-order valence-electron chi connectivity index (χ0n) is 15.5. The number of halogens is 2. The van der Waals surface area contributed by atoms with Gasteiger partial charge in [-0.25, -0.2) is 13.8 Å². The van der Waals surface area contributed by atoms with Crippen molar-refractivity contribution >= 4 is 27.3 Å². The van der Waals surface area contributed by atoms with Crippen LogP contribution < -0.4 is 0 Å². The maximum absolute atomic E-state index is 14.0. The third-order valence-corrected chi connectivity index (χ3v) is 5.72. The number of fused-ring (bicyclic) bond motifs is 1. The molecule has 0 aliphatic rings. The second-order valence-electron chi connectivity index (χ2n) is 6.66. The van der Waals surface area contributed by atoms with Gasteiger partial charge in [-0.05, 0) is 42.5 Å². The van der Waals surface area contributed by atoms with Crippen molar-refractivity contribution in [1.82, 2.24) is 9.55 Å². The van der Waals surface area contributed by atoms with Gasteiger partial charge in [-0.15, -0.1) is 0 Å². The van der Waals surface area contributed by atoms with Crippen LogP contribution in [0, 0.1) is 11.6 Å². The number of furan rings is 1. The molecule has 2 N–H and O–H groups in total. The Bertz CT molecular complexity index is 1450. The number of rotatable bonds is 4. The van der Waals surface area contributed by atoms with Crippen LogP contribution in [0.15, 0.2) is 65.3 Å². The Morgan fingerprint density at radius 2 is 1.84 bits per heavy atom. The third-order valence-electron chi connectivity index (χ3n) is 4.72. The van der Waals surface area contributed by atoms with Crippen LogP contribution in [0.25, 0.3) is 26.6 Å². The zero-order chi connectivity index (χ0) is 21.7. The lowest BCUT2D eigenvalue weighted by molar-refractivity contribution is 0.101. The van der Waals surface area contributed by atoms with Gasteiger partial charge < -0.3 is 14.6 Å². The number of hydrogen-bond donors (Lipinski definition) is 2. The third kappa shape index (κ3) is 3.06. The van der Waals surface area contributed by atoms with E-state index in [1.807, 2.05) is 0 Å². The summed E-state index contributed by atoms with van der Waals surface area (Å²) in [6.45, 7) is 0. The van der Waals surface area contributed by atoms with E-state index < -0.39 is 29.0 Å². The summed E-state index contributed by atoms with van der Waals surface area (Å²) in [6, 6.07) is 12.3. The van der Waals surface area contributed by atoms with E-state index in [1.54, 1.807) is 0 Å². The lowest BCUT2D eigenvalue weighted by atomic mass is 10.0. The van der Waals surface area contributed by atoms with Crippen molar-refractivity contribution in [3.63, 3.8) is 0 Å². The molecule has 0 atom stereocenters. The molecule has 9 heteroatoms. The maximum Gasteiger partial charge on any atom is 0.242 e. The van der Waals surface area contributed by atoms with E-state index in [0.29, 0.717) is 10.2 Å². The predicted molar refractivity (Wildman–Crippen MR) is 110 cm³/mol. The van der Waals surface area contributed by atoms with Crippen LogP contribution in [0.3, 0.4) is 0 Å². The number of aromatic nitrogens is 2. The van der Waals surface area contributed by atoms with E-state index in [9.17, 15) is 23.8 Å². The molecule has 154 valence electrons. The van der Waals surface area contributed by atoms with Gasteiger partial charge in [-0.1, -0.05) is 23.5 Å². The Hall–Kier alpha value is -3.98. The second kappa shape index (κ2) is 7.06. The first-order valence-corrected chi connectivity index (χ1v) is 9.83. The molecule has 0 unspecified atom stereocenters. The van der Waals surface area contributed by atoms with Gasteiger partial charge in [0.25, 0.3) is 0 Å². The first kappa shape index (κ1) is 19.0. The Morgan fingerprint density at radius 3 is 2.58 bits per heavy atom. The number of carbonyl (C=O) groups excluding carboxylic acids is 1. The fourth-order valence-corrected chi connectivity index (χ4v) is 4.37. The Kier molecular flexibility index (Phi) is 4.33. The molecule has 2 aromatic carbocycles. The molecule has 5 rings (SSSR count). The fraction of sp³-hybridized carbons (Fsp3) is 0. The van der Waals surface area contributed by atoms with E-state index in [2.05, 4.69) is 4.98 Å². The number of hydrogen-bond acceptors (Lipinski definition) is 6. The molecular formula is C22H12F2N2O4S. The van der Waals surface area contributed by atoms with Gasteiger partial charge in [0.1, 0.15) is 11.6 Å². The van der Waals surface area contributed by atoms with Crippen LogP contribution in [0.1, 0.15) is 16.1 Å². The van der Waals surface area contributed by atoms with Crippen LogP contribution in [0.2, 0.25) is 0 Å².